The van der Waals surface area contributed by atoms with Crippen LogP contribution in [0.2, 0.25) is 0 Å². The van der Waals surface area contributed by atoms with Crippen molar-refractivity contribution in [1.82, 2.24) is 19.1 Å². The molecule has 0 spiro atoms. The van der Waals surface area contributed by atoms with Crippen LogP contribution in [0.3, 0.4) is 0 Å². The molecule has 0 unspecified atom stereocenters. The van der Waals surface area contributed by atoms with Gasteiger partial charge in [-0.25, -0.2) is 14.8 Å². The van der Waals surface area contributed by atoms with E-state index >= 15 is 0 Å². The molecule has 0 saturated heterocycles. The Balaban J connectivity index is 1.82. The molecule has 152 valence electrons. The maximum Gasteiger partial charge on any atom is 0.332 e. The third-order valence-corrected chi connectivity index (χ3v) is 5.14. The minimum atomic E-state index is -0.488. The van der Waals surface area contributed by atoms with Crippen molar-refractivity contribution >= 4 is 34.4 Å². The number of carbonyl (C=O) groups excluding carboxylic acids is 1. The van der Waals surface area contributed by atoms with Gasteiger partial charge in [-0.1, -0.05) is 11.8 Å². The fourth-order valence-corrected chi connectivity index (χ4v) is 3.63. The molecule has 0 atom stereocenters. The summed E-state index contributed by atoms with van der Waals surface area (Å²) in [7, 11) is 2.95. The van der Waals surface area contributed by atoms with E-state index in [0.717, 1.165) is 22.1 Å². The smallest absolute Gasteiger partial charge is 0.332 e. The number of aryl methyl sites for hydroxylation is 2. The van der Waals surface area contributed by atoms with Crippen molar-refractivity contribution in [2.24, 2.45) is 14.1 Å². The second-order valence-electron chi connectivity index (χ2n) is 6.27. The highest BCUT2D eigenvalue weighted by Gasteiger charge is 2.17. The second-order valence-corrected chi connectivity index (χ2v) is 7.24. The van der Waals surface area contributed by atoms with Gasteiger partial charge < -0.3 is 10.1 Å². The Bertz CT molecular complexity index is 1180. The highest BCUT2D eigenvalue weighted by molar-refractivity contribution is 8.00. The number of hydrogen-bond donors (Lipinski definition) is 1. The van der Waals surface area contributed by atoms with E-state index in [1.165, 1.54) is 11.6 Å². The van der Waals surface area contributed by atoms with Gasteiger partial charge in [0, 0.05) is 19.8 Å². The lowest BCUT2D eigenvalue weighted by molar-refractivity contribution is -0.113. The molecule has 1 aromatic carbocycles. The summed E-state index contributed by atoms with van der Waals surface area (Å²) in [5.41, 5.74) is -0.0663. The molecule has 2 aromatic heterocycles. The fraction of sp³-hybridized carbons (Fsp3) is 0.316. The molecule has 0 aliphatic heterocycles. The van der Waals surface area contributed by atoms with Gasteiger partial charge in [0.25, 0.3) is 5.56 Å². The van der Waals surface area contributed by atoms with E-state index in [4.69, 9.17) is 4.74 Å². The Morgan fingerprint density at radius 2 is 1.83 bits per heavy atom. The molecule has 0 radical (unpaired) electrons. The van der Waals surface area contributed by atoms with E-state index in [1.54, 1.807) is 38.2 Å². The lowest BCUT2D eigenvalue weighted by atomic mass is 10.3. The molecule has 3 rings (SSSR count). The van der Waals surface area contributed by atoms with E-state index in [0.29, 0.717) is 23.1 Å². The van der Waals surface area contributed by atoms with Crippen molar-refractivity contribution in [3.8, 4) is 5.75 Å². The van der Waals surface area contributed by atoms with E-state index in [9.17, 15) is 14.4 Å². The van der Waals surface area contributed by atoms with Gasteiger partial charge in [0.05, 0.1) is 12.4 Å². The van der Waals surface area contributed by atoms with Gasteiger partial charge in [-0.3, -0.25) is 18.7 Å². The quantitative estimate of drug-likeness (QED) is 0.480. The van der Waals surface area contributed by atoms with Crippen molar-refractivity contribution in [3.63, 3.8) is 0 Å². The van der Waals surface area contributed by atoms with E-state index in [-0.39, 0.29) is 22.7 Å². The second kappa shape index (κ2) is 8.48. The maximum absolute atomic E-state index is 12.6. The third kappa shape index (κ3) is 4.32. The van der Waals surface area contributed by atoms with Crippen LogP contribution in [0.15, 0.2) is 38.9 Å². The first-order chi connectivity index (χ1) is 13.8. The SMILES string of the molecule is CCOc1ccc(NC(=O)CSc2nc(C)nc3c2c(=O)n(C)c(=O)n3C)cc1. The molecule has 0 fully saturated rings. The highest BCUT2D eigenvalue weighted by Crippen LogP contribution is 2.22. The summed E-state index contributed by atoms with van der Waals surface area (Å²) in [6.07, 6.45) is 0. The average molecular weight is 415 g/mol. The number of nitrogens with zero attached hydrogens (tertiary/aromatic N) is 4. The van der Waals surface area contributed by atoms with Crippen molar-refractivity contribution < 1.29 is 9.53 Å². The fourth-order valence-electron chi connectivity index (χ4n) is 2.77. The van der Waals surface area contributed by atoms with Crippen LogP contribution in [0.5, 0.6) is 5.75 Å². The topological polar surface area (TPSA) is 108 Å². The predicted molar refractivity (Wildman–Crippen MR) is 112 cm³/mol. The van der Waals surface area contributed by atoms with Crippen LogP contribution in [0, 0.1) is 6.92 Å². The molecule has 1 amide bonds. The summed E-state index contributed by atoms with van der Waals surface area (Å²) in [5, 5.41) is 3.38. The van der Waals surface area contributed by atoms with Crippen LogP contribution in [0.1, 0.15) is 12.7 Å². The van der Waals surface area contributed by atoms with Gasteiger partial charge in [-0.2, -0.15) is 0 Å². The molecule has 0 aliphatic rings. The van der Waals surface area contributed by atoms with Gasteiger partial charge in [-0.15, -0.1) is 0 Å². The van der Waals surface area contributed by atoms with Gasteiger partial charge >= 0.3 is 5.69 Å². The van der Waals surface area contributed by atoms with Crippen molar-refractivity contribution in [2.75, 3.05) is 17.7 Å². The Labute approximate surface area is 170 Å². The molecule has 3 aromatic rings. The van der Waals surface area contributed by atoms with Gasteiger partial charge in [-0.05, 0) is 38.1 Å². The lowest BCUT2D eigenvalue weighted by Crippen LogP contribution is -2.37. The van der Waals surface area contributed by atoms with Crippen LogP contribution in [-0.4, -0.2) is 37.4 Å². The number of anilines is 1. The van der Waals surface area contributed by atoms with Crippen LogP contribution >= 0.6 is 11.8 Å². The van der Waals surface area contributed by atoms with Crippen LogP contribution in [-0.2, 0) is 18.9 Å². The summed E-state index contributed by atoms with van der Waals surface area (Å²) >= 11 is 1.12. The van der Waals surface area contributed by atoms with Gasteiger partial charge in [0.1, 0.15) is 22.0 Å². The number of rotatable bonds is 6. The summed E-state index contributed by atoms with van der Waals surface area (Å²) in [4.78, 5) is 45.6. The molecular formula is C19H21N5O4S. The van der Waals surface area contributed by atoms with Crippen LogP contribution in [0.4, 0.5) is 5.69 Å². The Hall–Kier alpha value is -3.14. The number of ether oxygens (including phenoxy) is 1. The molecule has 0 aliphatic carbocycles. The van der Waals surface area contributed by atoms with Crippen LogP contribution < -0.4 is 21.3 Å². The summed E-state index contributed by atoms with van der Waals surface area (Å²) < 4.78 is 7.68. The number of benzene rings is 1. The molecule has 10 heteroatoms. The first-order valence-electron chi connectivity index (χ1n) is 8.91. The third-order valence-electron chi connectivity index (χ3n) is 4.17. The standard InChI is InChI=1S/C19H21N5O4S/c1-5-28-13-8-6-12(7-9-13)22-14(25)10-29-17-15-16(20-11(2)21-17)23(3)19(27)24(4)18(15)26/h6-9H,5,10H2,1-4H3,(H,22,25). The maximum atomic E-state index is 12.6. The van der Waals surface area contributed by atoms with E-state index < -0.39 is 11.2 Å². The molecular weight excluding hydrogens is 394 g/mol. The van der Waals surface area contributed by atoms with Gasteiger partial charge in [0.2, 0.25) is 5.91 Å². The number of aromatic nitrogens is 4. The number of carbonyl (C=O) groups is 1. The van der Waals surface area contributed by atoms with E-state index in [1.807, 2.05) is 6.92 Å². The number of fused-ring (bicyclic) bond motifs is 1. The Kier molecular flexibility index (Phi) is 6.02. The molecule has 9 nitrogen and oxygen atoms in total. The van der Waals surface area contributed by atoms with Crippen molar-refractivity contribution in [2.45, 2.75) is 18.9 Å². The number of amides is 1. The first kappa shape index (κ1) is 20.6. The summed E-state index contributed by atoms with van der Waals surface area (Å²) in [6, 6.07) is 7.06. The molecule has 1 N–H and O–H groups in total. The Morgan fingerprint density at radius 1 is 1.14 bits per heavy atom. The lowest BCUT2D eigenvalue weighted by Gasteiger charge is -2.11. The predicted octanol–water partition coefficient (Wildman–Crippen LogP) is 1.47. The Morgan fingerprint density at radius 3 is 2.48 bits per heavy atom. The molecule has 0 bridgehead atoms. The summed E-state index contributed by atoms with van der Waals surface area (Å²) in [6.45, 7) is 4.14. The number of nitrogens with one attached hydrogen (secondary N) is 1. The highest BCUT2D eigenvalue weighted by atomic mass is 32.2. The van der Waals surface area contributed by atoms with Crippen molar-refractivity contribution in [1.29, 1.82) is 0 Å². The zero-order valence-corrected chi connectivity index (χ0v) is 17.4. The minimum absolute atomic E-state index is 0.0464. The molecule has 2 heterocycles. The molecule has 29 heavy (non-hydrogen) atoms. The minimum Gasteiger partial charge on any atom is -0.494 e. The van der Waals surface area contributed by atoms with Crippen LogP contribution in [0.25, 0.3) is 11.0 Å². The van der Waals surface area contributed by atoms with Crippen molar-refractivity contribution in [3.05, 3.63) is 50.9 Å². The van der Waals surface area contributed by atoms with E-state index in [2.05, 4.69) is 15.3 Å². The zero-order chi connectivity index (χ0) is 21.1. The summed E-state index contributed by atoms with van der Waals surface area (Å²) in [5.74, 6) is 0.940. The zero-order valence-electron chi connectivity index (χ0n) is 16.6. The largest absolute Gasteiger partial charge is 0.494 e. The average Bonchev–Trinajstić information content (AvgIpc) is 2.70. The normalized spacial score (nSPS) is 10.9. The molecule has 0 saturated carbocycles. The van der Waals surface area contributed by atoms with Gasteiger partial charge in [0.15, 0.2) is 5.65 Å². The monoisotopic (exact) mass is 415 g/mol. The first-order valence-corrected chi connectivity index (χ1v) is 9.90. The number of thioether (sulfide) groups is 1. The number of hydrogen-bond acceptors (Lipinski definition) is 7.